The zero-order chi connectivity index (χ0) is 11.5. The van der Waals surface area contributed by atoms with Gasteiger partial charge in [0.05, 0.1) is 12.1 Å². The Bertz CT molecular complexity index is 317. The Hall–Kier alpha value is -1.29. The van der Waals surface area contributed by atoms with E-state index in [9.17, 15) is 9.50 Å². The van der Waals surface area contributed by atoms with Crippen molar-refractivity contribution in [1.29, 1.82) is 0 Å². The molecule has 0 aromatic heterocycles. The van der Waals surface area contributed by atoms with Crippen LogP contribution in [-0.4, -0.2) is 17.3 Å². The maximum atomic E-state index is 13.0. The van der Waals surface area contributed by atoms with Crippen LogP contribution in [0.2, 0.25) is 0 Å². The molecule has 1 rings (SSSR count). The molecule has 0 aliphatic heterocycles. The molecule has 0 radical (unpaired) electrons. The van der Waals surface area contributed by atoms with Crippen LogP contribution >= 0.6 is 0 Å². The van der Waals surface area contributed by atoms with Gasteiger partial charge < -0.3 is 16.2 Å². The normalized spacial score (nSPS) is 14.7. The van der Waals surface area contributed by atoms with E-state index in [2.05, 4.69) is 5.32 Å². The maximum Gasteiger partial charge on any atom is 0.127 e. The zero-order valence-corrected chi connectivity index (χ0v) is 9.05. The number of rotatable bonds is 4. The van der Waals surface area contributed by atoms with E-state index in [0.717, 1.165) is 6.42 Å². The van der Waals surface area contributed by atoms with E-state index in [1.807, 2.05) is 13.8 Å². The lowest BCUT2D eigenvalue weighted by molar-refractivity contribution is 0.219. The minimum absolute atomic E-state index is 0.0140. The van der Waals surface area contributed by atoms with Crippen LogP contribution in [0.25, 0.3) is 0 Å². The first-order valence-electron chi connectivity index (χ1n) is 4.94. The van der Waals surface area contributed by atoms with Crippen LogP contribution < -0.4 is 11.1 Å². The third-order valence-corrected chi connectivity index (χ3v) is 2.50. The Morgan fingerprint density at radius 3 is 2.60 bits per heavy atom. The van der Waals surface area contributed by atoms with Gasteiger partial charge in [0.2, 0.25) is 0 Å². The Morgan fingerprint density at radius 2 is 2.13 bits per heavy atom. The molecule has 3 nitrogen and oxygen atoms in total. The first kappa shape index (κ1) is 11.8. The van der Waals surface area contributed by atoms with E-state index < -0.39 is 5.54 Å². The standard InChI is InChI=1S/C11H17FN2O/c1-3-11(2,7-15)14-10-5-8(12)4-9(13)6-10/h4-6,14-15H,3,7,13H2,1-2H3. The van der Waals surface area contributed by atoms with Crippen molar-refractivity contribution in [2.45, 2.75) is 25.8 Å². The van der Waals surface area contributed by atoms with Crippen molar-refractivity contribution in [2.75, 3.05) is 17.7 Å². The summed E-state index contributed by atoms with van der Waals surface area (Å²) in [5.41, 5.74) is 6.03. The van der Waals surface area contributed by atoms with E-state index in [1.165, 1.54) is 12.1 Å². The summed E-state index contributed by atoms with van der Waals surface area (Å²) in [5, 5.41) is 12.3. The number of hydrogen-bond acceptors (Lipinski definition) is 3. The highest BCUT2D eigenvalue weighted by atomic mass is 19.1. The van der Waals surface area contributed by atoms with Crippen molar-refractivity contribution in [3.05, 3.63) is 24.0 Å². The van der Waals surface area contributed by atoms with E-state index in [1.54, 1.807) is 6.07 Å². The Labute approximate surface area is 89.1 Å². The number of nitrogens with one attached hydrogen (secondary N) is 1. The monoisotopic (exact) mass is 212 g/mol. The molecule has 0 saturated carbocycles. The quantitative estimate of drug-likeness (QED) is 0.669. The number of hydrogen-bond donors (Lipinski definition) is 3. The molecule has 0 aliphatic carbocycles. The summed E-state index contributed by atoms with van der Waals surface area (Å²) in [6.45, 7) is 3.81. The summed E-state index contributed by atoms with van der Waals surface area (Å²) < 4.78 is 13.0. The van der Waals surface area contributed by atoms with Crippen molar-refractivity contribution in [3.8, 4) is 0 Å². The molecular formula is C11H17FN2O. The molecular weight excluding hydrogens is 195 g/mol. The van der Waals surface area contributed by atoms with Crippen molar-refractivity contribution in [2.24, 2.45) is 0 Å². The lowest BCUT2D eigenvalue weighted by Gasteiger charge is -2.28. The molecule has 0 bridgehead atoms. The van der Waals surface area contributed by atoms with Gasteiger partial charge in [-0.25, -0.2) is 4.39 Å². The molecule has 4 N–H and O–H groups in total. The first-order chi connectivity index (χ1) is 6.99. The molecule has 1 atom stereocenters. The summed E-state index contributed by atoms with van der Waals surface area (Å²) in [6, 6.07) is 4.26. The number of benzene rings is 1. The summed E-state index contributed by atoms with van der Waals surface area (Å²) in [4.78, 5) is 0. The second-order valence-corrected chi connectivity index (χ2v) is 3.97. The summed E-state index contributed by atoms with van der Waals surface area (Å²) in [7, 11) is 0. The first-order valence-corrected chi connectivity index (χ1v) is 4.94. The van der Waals surface area contributed by atoms with Gasteiger partial charge in [0.25, 0.3) is 0 Å². The second-order valence-electron chi connectivity index (χ2n) is 3.97. The Balaban J connectivity index is 2.88. The van der Waals surface area contributed by atoms with Crippen molar-refractivity contribution >= 4 is 11.4 Å². The predicted octanol–water partition coefficient (Wildman–Crippen LogP) is 1.98. The van der Waals surface area contributed by atoms with Gasteiger partial charge in [0.1, 0.15) is 5.82 Å². The van der Waals surface area contributed by atoms with E-state index in [-0.39, 0.29) is 12.4 Å². The highest BCUT2D eigenvalue weighted by Gasteiger charge is 2.20. The average Bonchev–Trinajstić information content (AvgIpc) is 2.16. The third-order valence-electron chi connectivity index (χ3n) is 2.50. The van der Waals surface area contributed by atoms with E-state index in [0.29, 0.717) is 11.4 Å². The van der Waals surface area contributed by atoms with Crippen LogP contribution in [0.3, 0.4) is 0 Å². The zero-order valence-electron chi connectivity index (χ0n) is 9.05. The van der Waals surface area contributed by atoms with Gasteiger partial charge in [0, 0.05) is 11.4 Å². The van der Waals surface area contributed by atoms with E-state index >= 15 is 0 Å². The summed E-state index contributed by atoms with van der Waals surface area (Å²) in [6.07, 6.45) is 0.736. The van der Waals surface area contributed by atoms with Gasteiger partial charge in [0.15, 0.2) is 0 Å². The highest BCUT2D eigenvalue weighted by Crippen LogP contribution is 2.21. The van der Waals surface area contributed by atoms with Gasteiger partial charge in [-0.05, 0) is 31.5 Å². The highest BCUT2D eigenvalue weighted by molar-refractivity contribution is 5.55. The topological polar surface area (TPSA) is 58.3 Å². The molecule has 4 heteroatoms. The molecule has 1 unspecified atom stereocenters. The smallest absolute Gasteiger partial charge is 0.127 e. The number of aliphatic hydroxyl groups excluding tert-OH is 1. The number of halogens is 1. The molecule has 0 aliphatic rings. The van der Waals surface area contributed by atoms with Crippen LogP contribution in [0.1, 0.15) is 20.3 Å². The molecule has 84 valence electrons. The molecule has 1 aromatic carbocycles. The fourth-order valence-electron chi connectivity index (χ4n) is 1.27. The molecule has 15 heavy (non-hydrogen) atoms. The molecule has 0 amide bonds. The molecule has 0 fully saturated rings. The summed E-state index contributed by atoms with van der Waals surface area (Å²) >= 11 is 0. The second kappa shape index (κ2) is 4.49. The van der Waals surface area contributed by atoms with Crippen LogP contribution in [0.15, 0.2) is 18.2 Å². The maximum absolute atomic E-state index is 13.0. The van der Waals surface area contributed by atoms with Gasteiger partial charge in [-0.3, -0.25) is 0 Å². The molecule has 1 aromatic rings. The van der Waals surface area contributed by atoms with Crippen LogP contribution in [0.5, 0.6) is 0 Å². The van der Waals surface area contributed by atoms with Crippen molar-refractivity contribution in [3.63, 3.8) is 0 Å². The average molecular weight is 212 g/mol. The van der Waals surface area contributed by atoms with Gasteiger partial charge >= 0.3 is 0 Å². The Kier molecular flexibility index (Phi) is 3.52. The van der Waals surface area contributed by atoms with Crippen molar-refractivity contribution < 1.29 is 9.50 Å². The lowest BCUT2D eigenvalue weighted by atomic mass is 10.00. The van der Waals surface area contributed by atoms with E-state index in [4.69, 9.17) is 5.73 Å². The van der Waals surface area contributed by atoms with Crippen LogP contribution in [0.4, 0.5) is 15.8 Å². The number of nitrogen functional groups attached to an aromatic ring is 1. The van der Waals surface area contributed by atoms with Crippen molar-refractivity contribution in [1.82, 2.24) is 0 Å². The number of anilines is 2. The summed E-state index contributed by atoms with van der Waals surface area (Å²) in [5.74, 6) is -0.381. The molecule has 0 heterocycles. The lowest BCUT2D eigenvalue weighted by Crippen LogP contribution is -2.37. The predicted molar refractivity (Wildman–Crippen MR) is 60.2 cm³/mol. The SMILES string of the molecule is CCC(C)(CO)Nc1cc(N)cc(F)c1. The minimum Gasteiger partial charge on any atom is -0.399 e. The fourth-order valence-corrected chi connectivity index (χ4v) is 1.27. The molecule has 0 spiro atoms. The van der Waals surface area contributed by atoms with Gasteiger partial charge in [-0.15, -0.1) is 0 Å². The fraction of sp³-hybridized carbons (Fsp3) is 0.455. The largest absolute Gasteiger partial charge is 0.399 e. The molecule has 0 saturated heterocycles. The van der Waals surface area contributed by atoms with Crippen LogP contribution in [0, 0.1) is 5.82 Å². The van der Waals surface area contributed by atoms with Crippen LogP contribution in [-0.2, 0) is 0 Å². The number of nitrogens with two attached hydrogens (primary N) is 1. The van der Waals surface area contributed by atoms with Gasteiger partial charge in [-0.2, -0.15) is 0 Å². The number of aliphatic hydroxyl groups is 1. The third kappa shape index (κ3) is 3.09. The Morgan fingerprint density at radius 1 is 1.47 bits per heavy atom. The van der Waals surface area contributed by atoms with Gasteiger partial charge in [-0.1, -0.05) is 6.92 Å². The minimum atomic E-state index is -0.444.